The van der Waals surface area contributed by atoms with Crippen molar-refractivity contribution >= 4 is 17.8 Å². The molecule has 0 saturated carbocycles. The Labute approximate surface area is 161 Å². The molecule has 0 aliphatic carbocycles. The lowest BCUT2D eigenvalue weighted by Crippen LogP contribution is -2.49. The van der Waals surface area contributed by atoms with E-state index in [0.717, 1.165) is 12.8 Å². The number of hydrogen-bond acceptors (Lipinski definition) is 4. The monoisotopic (exact) mass is 380 g/mol. The van der Waals surface area contributed by atoms with Crippen molar-refractivity contribution < 1.29 is 19.1 Å². The van der Waals surface area contributed by atoms with Gasteiger partial charge >= 0.3 is 6.03 Å². The van der Waals surface area contributed by atoms with Crippen molar-refractivity contribution in [3.8, 4) is 0 Å². The van der Waals surface area contributed by atoms with Crippen molar-refractivity contribution in [3.05, 3.63) is 0 Å². The average molecular weight is 380 g/mol. The molecule has 0 bridgehead atoms. The number of carbonyl (C=O) groups excluding carboxylic acids is 3. The van der Waals surface area contributed by atoms with Crippen LogP contribution in [0.4, 0.5) is 4.79 Å². The molecule has 8 nitrogen and oxygen atoms in total. The predicted octanol–water partition coefficient (Wildman–Crippen LogP) is 0.524. The maximum absolute atomic E-state index is 13.1. The van der Waals surface area contributed by atoms with E-state index in [2.05, 4.69) is 5.32 Å². The van der Waals surface area contributed by atoms with Gasteiger partial charge in [0.2, 0.25) is 11.8 Å². The third-order valence-electron chi connectivity index (χ3n) is 5.80. The van der Waals surface area contributed by atoms with E-state index in [1.165, 1.54) is 0 Å². The number of nitrogens with one attached hydrogen (secondary N) is 1. The van der Waals surface area contributed by atoms with Crippen LogP contribution in [0.5, 0.6) is 0 Å². The first-order valence-corrected chi connectivity index (χ1v) is 9.96. The minimum atomic E-state index is -0.391. The van der Waals surface area contributed by atoms with Crippen LogP contribution in [0.2, 0.25) is 0 Å². The summed E-state index contributed by atoms with van der Waals surface area (Å²) in [6.07, 6.45) is 1.88. The van der Waals surface area contributed by atoms with Crippen molar-refractivity contribution in [2.24, 2.45) is 11.3 Å². The molecule has 0 aromatic carbocycles. The highest BCUT2D eigenvalue weighted by Gasteiger charge is 2.47. The summed E-state index contributed by atoms with van der Waals surface area (Å²) in [5.74, 6) is 0.215. The van der Waals surface area contributed by atoms with Gasteiger partial charge in [0.1, 0.15) is 0 Å². The molecule has 1 spiro atoms. The summed E-state index contributed by atoms with van der Waals surface area (Å²) in [7, 11) is 1.80. The molecule has 0 aromatic rings. The van der Waals surface area contributed by atoms with Gasteiger partial charge in [-0.1, -0.05) is 0 Å². The Bertz CT molecular complexity index is 590. The quantitative estimate of drug-likeness (QED) is 0.757. The van der Waals surface area contributed by atoms with Crippen LogP contribution >= 0.6 is 0 Å². The van der Waals surface area contributed by atoms with E-state index < -0.39 is 5.41 Å². The van der Waals surface area contributed by atoms with Crippen LogP contribution < -0.4 is 5.32 Å². The smallest absolute Gasteiger partial charge is 0.317 e. The molecule has 3 rings (SSSR count). The van der Waals surface area contributed by atoms with Gasteiger partial charge in [-0.2, -0.15) is 0 Å². The maximum atomic E-state index is 13.1. The zero-order valence-corrected chi connectivity index (χ0v) is 16.7. The molecule has 0 aromatic heterocycles. The number of likely N-dealkylation sites (tertiary alicyclic amines) is 1. The largest absolute Gasteiger partial charge is 0.381 e. The first-order valence-electron chi connectivity index (χ1n) is 9.96. The zero-order chi connectivity index (χ0) is 19.6. The van der Waals surface area contributed by atoms with E-state index in [4.69, 9.17) is 4.74 Å². The van der Waals surface area contributed by atoms with Crippen LogP contribution in [-0.4, -0.2) is 91.6 Å². The Balaban J connectivity index is 1.78. The molecule has 3 fully saturated rings. The van der Waals surface area contributed by atoms with E-state index in [0.29, 0.717) is 52.4 Å². The fraction of sp³-hybridized carbons (Fsp3) is 0.842. The number of ether oxygens (including phenoxy) is 1. The van der Waals surface area contributed by atoms with Crippen molar-refractivity contribution in [3.63, 3.8) is 0 Å². The van der Waals surface area contributed by atoms with Crippen molar-refractivity contribution in [1.29, 1.82) is 0 Å². The number of rotatable bonds is 2. The first-order chi connectivity index (χ1) is 12.8. The van der Waals surface area contributed by atoms with Gasteiger partial charge in [0.05, 0.1) is 0 Å². The molecule has 1 N–H and O–H groups in total. The van der Waals surface area contributed by atoms with E-state index in [9.17, 15) is 14.4 Å². The van der Waals surface area contributed by atoms with E-state index in [1.807, 2.05) is 18.7 Å². The minimum absolute atomic E-state index is 0.0123. The SMILES string of the molecule is CC(C)NC(=O)N1CCN(C(=O)C2CCOCC2)C[C@@]2(CC(=O)N(C)C2)C1. The third-order valence-corrected chi connectivity index (χ3v) is 5.80. The number of carbonyl (C=O) groups is 3. The average Bonchev–Trinajstić information content (AvgIpc) is 2.79. The Morgan fingerprint density at radius 1 is 1.11 bits per heavy atom. The molecular weight excluding hydrogens is 348 g/mol. The summed E-state index contributed by atoms with van der Waals surface area (Å²) in [4.78, 5) is 43.4. The van der Waals surface area contributed by atoms with Crippen LogP contribution in [0.25, 0.3) is 0 Å². The molecule has 3 aliphatic rings. The van der Waals surface area contributed by atoms with Crippen molar-refractivity contribution in [1.82, 2.24) is 20.0 Å². The second-order valence-corrected chi connectivity index (χ2v) is 8.60. The second kappa shape index (κ2) is 8.04. The number of nitrogens with zero attached hydrogens (tertiary/aromatic N) is 3. The lowest BCUT2D eigenvalue weighted by Gasteiger charge is -2.35. The van der Waals surface area contributed by atoms with Crippen molar-refractivity contribution in [2.75, 3.05) is 53.0 Å². The summed E-state index contributed by atoms with van der Waals surface area (Å²) in [5.41, 5.74) is -0.391. The molecule has 4 amide bonds. The Kier molecular flexibility index (Phi) is 5.93. The molecule has 27 heavy (non-hydrogen) atoms. The van der Waals surface area contributed by atoms with Gasteiger partial charge in [-0.3, -0.25) is 9.59 Å². The van der Waals surface area contributed by atoms with Crippen molar-refractivity contribution in [2.45, 2.75) is 39.2 Å². The fourth-order valence-corrected chi connectivity index (χ4v) is 4.48. The van der Waals surface area contributed by atoms with E-state index in [-0.39, 0.29) is 29.8 Å². The van der Waals surface area contributed by atoms with Gasteiger partial charge in [0.25, 0.3) is 0 Å². The van der Waals surface area contributed by atoms with Crippen LogP contribution in [0.3, 0.4) is 0 Å². The van der Waals surface area contributed by atoms with Gasteiger partial charge in [-0.25, -0.2) is 4.79 Å². The molecule has 3 aliphatic heterocycles. The molecule has 3 heterocycles. The highest BCUT2D eigenvalue weighted by Crippen LogP contribution is 2.35. The Morgan fingerprint density at radius 2 is 1.74 bits per heavy atom. The summed E-state index contributed by atoms with van der Waals surface area (Å²) in [5, 5.41) is 2.94. The first kappa shape index (κ1) is 19.9. The Morgan fingerprint density at radius 3 is 2.33 bits per heavy atom. The minimum Gasteiger partial charge on any atom is -0.381 e. The molecule has 152 valence electrons. The van der Waals surface area contributed by atoms with E-state index in [1.54, 1.807) is 16.8 Å². The van der Waals surface area contributed by atoms with Gasteiger partial charge in [0.15, 0.2) is 0 Å². The van der Waals surface area contributed by atoms with Gasteiger partial charge in [-0.05, 0) is 26.7 Å². The lowest BCUT2D eigenvalue weighted by atomic mass is 9.85. The number of urea groups is 1. The number of amides is 4. The van der Waals surface area contributed by atoms with Crippen LogP contribution in [0.15, 0.2) is 0 Å². The second-order valence-electron chi connectivity index (χ2n) is 8.60. The van der Waals surface area contributed by atoms with Gasteiger partial charge in [0, 0.05) is 76.8 Å². The number of hydrogen-bond donors (Lipinski definition) is 1. The maximum Gasteiger partial charge on any atom is 0.317 e. The van der Waals surface area contributed by atoms with Crippen LogP contribution in [-0.2, 0) is 14.3 Å². The third kappa shape index (κ3) is 4.54. The molecule has 8 heteroatoms. The van der Waals surface area contributed by atoms with Gasteiger partial charge < -0.3 is 24.8 Å². The summed E-state index contributed by atoms with van der Waals surface area (Å²) in [6, 6.07) is -0.0729. The molecule has 1 atom stereocenters. The van der Waals surface area contributed by atoms with Crippen LogP contribution in [0.1, 0.15) is 33.1 Å². The molecule has 0 unspecified atom stereocenters. The molecule has 3 saturated heterocycles. The summed E-state index contributed by atoms with van der Waals surface area (Å²) in [6.45, 7) is 7.73. The standard InChI is InChI=1S/C19H32N4O4/c1-14(2)20-18(26)23-7-6-22(17(25)15-4-8-27-9-5-15)12-19(13-23)10-16(24)21(3)11-19/h14-15H,4-13H2,1-3H3,(H,20,26)/t19-/m0/s1. The Hall–Kier alpha value is -1.83. The zero-order valence-electron chi connectivity index (χ0n) is 16.7. The summed E-state index contributed by atoms with van der Waals surface area (Å²) >= 11 is 0. The summed E-state index contributed by atoms with van der Waals surface area (Å²) < 4.78 is 5.39. The molecular formula is C19H32N4O4. The fourth-order valence-electron chi connectivity index (χ4n) is 4.48. The molecule has 0 radical (unpaired) electrons. The van der Waals surface area contributed by atoms with Crippen LogP contribution in [0, 0.1) is 11.3 Å². The van der Waals surface area contributed by atoms with Gasteiger partial charge in [-0.15, -0.1) is 0 Å². The highest BCUT2D eigenvalue weighted by atomic mass is 16.5. The normalized spacial score (nSPS) is 27.4. The topological polar surface area (TPSA) is 82.2 Å². The highest BCUT2D eigenvalue weighted by molar-refractivity contribution is 5.82. The lowest BCUT2D eigenvalue weighted by molar-refractivity contribution is -0.139. The predicted molar refractivity (Wildman–Crippen MR) is 100 cm³/mol. The van der Waals surface area contributed by atoms with E-state index >= 15 is 0 Å².